The molecule has 2 atom stereocenters. The molecule has 116 valence electrons. The molecule has 0 aromatic heterocycles. The number of carbonyl (C=O) groups is 1. The Kier molecular flexibility index (Phi) is 5.54. The fourth-order valence-electron chi connectivity index (χ4n) is 2.72. The van der Waals surface area contributed by atoms with E-state index in [-0.39, 0.29) is 12.5 Å². The van der Waals surface area contributed by atoms with E-state index in [9.17, 15) is 4.79 Å². The van der Waals surface area contributed by atoms with Gasteiger partial charge in [-0.3, -0.25) is 4.79 Å². The highest BCUT2D eigenvalue weighted by Crippen LogP contribution is 2.25. The molecule has 1 amide bonds. The first-order chi connectivity index (χ1) is 10.6. The molecule has 1 aliphatic rings. The van der Waals surface area contributed by atoms with Crippen LogP contribution < -0.4 is 10.2 Å². The lowest BCUT2D eigenvalue weighted by Gasteiger charge is -2.26. The molecule has 22 heavy (non-hydrogen) atoms. The highest BCUT2D eigenvalue weighted by Gasteiger charge is 2.23. The van der Waals surface area contributed by atoms with Gasteiger partial charge >= 0.3 is 0 Å². The van der Waals surface area contributed by atoms with Gasteiger partial charge in [0, 0.05) is 5.71 Å². The summed E-state index contributed by atoms with van der Waals surface area (Å²) in [6.07, 6.45) is 3.44. The number of nitriles is 1. The zero-order valence-electron chi connectivity index (χ0n) is 13.0. The molecule has 0 bridgehead atoms. The van der Waals surface area contributed by atoms with Crippen LogP contribution in [0.1, 0.15) is 38.7 Å². The van der Waals surface area contributed by atoms with Crippen molar-refractivity contribution < 1.29 is 9.53 Å². The molecule has 5 heteroatoms. The number of carbonyl (C=O) groups excluding carboxylic acids is 1. The Labute approximate surface area is 131 Å². The average Bonchev–Trinajstić information content (AvgIpc) is 2.52. The van der Waals surface area contributed by atoms with E-state index in [1.165, 1.54) is 6.42 Å². The minimum atomic E-state index is -0.315. The Balaban J connectivity index is 1.89. The van der Waals surface area contributed by atoms with Crippen LogP contribution in [0.5, 0.6) is 5.75 Å². The largest absolute Gasteiger partial charge is 0.482 e. The maximum absolute atomic E-state index is 11.8. The molecule has 1 saturated carbocycles. The fourth-order valence-corrected chi connectivity index (χ4v) is 2.72. The van der Waals surface area contributed by atoms with Crippen molar-refractivity contribution in [3.63, 3.8) is 0 Å². The van der Waals surface area contributed by atoms with E-state index in [4.69, 9.17) is 10.00 Å². The summed E-state index contributed by atoms with van der Waals surface area (Å²) in [6.45, 7) is 4.12. The second kappa shape index (κ2) is 7.60. The van der Waals surface area contributed by atoms with Crippen LogP contribution in [0.2, 0.25) is 0 Å². The number of hydrazone groups is 1. The molecule has 1 N–H and O–H groups in total. The fraction of sp³-hybridized carbons (Fsp3) is 0.471. The molecule has 0 unspecified atom stereocenters. The van der Waals surface area contributed by atoms with Crippen molar-refractivity contribution in [1.29, 1.82) is 5.26 Å². The van der Waals surface area contributed by atoms with Crippen LogP contribution in [0.15, 0.2) is 29.4 Å². The van der Waals surface area contributed by atoms with Gasteiger partial charge in [-0.05, 0) is 36.8 Å². The zero-order chi connectivity index (χ0) is 15.9. The molecule has 0 saturated heterocycles. The summed E-state index contributed by atoms with van der Waals surface area (Å²) in [5.74, 6) is 0.908. The first kappa shape index (κ1) is 16.0. The standard InChI is InChI=1S/C17H21N3O2/c1-12-6-5-7-13(2)17(12)20-19-16(21)11-22-15-9-4-3-8-14(15)10-18/h3-4,8-9,12-13H,5-7,11H2,1-2H3,(H,19,21)/t12-,13-/m1/s1. The van der Waals surface area contributed by atoms with Crippen molar-refractivity contribution in [1.82, 2.24) is 5.43 Å². The second-order valence-electron chi connectivity index (χ2n) is 5.70. The third-order valence-corrected chi connectivity index (χ3v) is 3.96. The first-order valence-corrected chi connectivity index (χ1v) is 7.60. The lowest BCUT2D eigenvalue weighted by molar-refractivity contribution is -0.123. The van der Waals surface area contributed by atoms with Crippen LogP contribution in [0, 0.1) is 23.2 Å². The number of rotatable bonds is 4. The summed E-state index contributed by atoms with van der Waals surface area (Å²) in [4.78, 5) is 11.8. The molecule has 0 heterocycles. The summed E-state index contributed by atoms with van der Waals surface area (Å²) in [7, 11) is 0. The van der Waals surface area contributed by atoms with Crippen molar-refractivity contribution in [2.24, 2.45) is 16.9 Å². The molecular weight excluding hydrogens is 278 g/mol. The number of benzene rings is 1. The highest BCUT2D eigenvalue weighted by molar-refractivity contribution is 5.90. The van der Waals surface area contributed by atoms with E-state index >= 15 is 0 Å². The second-order valence-corrected chi connectivity index (χ2v) is 5.70. The summed E-state index contributed by atoms with van der Waals surface area (Å²) in [5.41, 5.74) is 4.03. The number of hydrogen-bond donors (Lipinski definition) is 1. The summed E-state index contributed by atoms with van der Waals surface area (Å²) in [6, 6.07) is 8.87. The van der Waals surface area contributed by atoms with Gasteiger partial charge in [0.05, 0.1) is 5.56 Å². The van der Waals surface area contributed by atoms with Crippen LogP contribution in [0.4, 0.5) is 0 Å². The van der Waals surface area contributed by atoms with Gasteiger partial charge in [0.2, 0.25) is 0 Å². The molecule has 0 aliphatic heterocycles. The molecule has 5 nitrogen and oxygen atoms in total. The van der Waals surface area contributed by atoms with Crippen LogP contribution in [-0.2, 0) is 4.79 Å². The maximum Gasteiger partial charge on any atom is 0.277 e. The van der Waals surface area contributed by atoms with Gasteiger partial charge in [-0.15, -0.1) is 0 Å². The number of nitrogens with zero attached hydrogens (tertiary/aromatic N) is 2. The van der Waals surface area contributed by atoms with Gasteiger partial charge in [-0.25, -0.2) is 5.43 Å². The summed E-state index contributed by atoms with van der Waals surface area (Å²) >= 11 is 0. The van der Waals surface area contributed by atoms with Crippen molar-refractivity contribution in [2.45, 2.75) is 33.1 Å². The Morgan fingerprint density at radius 1 is 1.36 bits per heavy atom. The number of nitrogens with one attached hydrogen (secondary N) is 1. The van der Waals surface area contributed by atoms with Crippen molar-refractivity contribution in [2.75, 3.05) is 6.61 Å². The SMILES string of the molecule is C[C@@H]1CCC[C@@H](C)C1=NNC(=O)COc1ccccc1C#N. The number of para-hydroxylation sites is 1. The van der Waals surface area contributed by atoms with Gasteiger partial charge in [0.15, 0.2) is 6.61 Å². The van der Waals surface area contributed by atoms with Gasteiger partial charge in [0.1, 0.15) is 11.8 Å². The Hall–Kier alpha value is -2.35. The van der Waals surface area contributed by atoms with E-state index in [1.54, 1.807) is 24.3 Å². The topological polar surface area (TPSA) is 74.5 Å². The highest BCUT2D eigenvalue weighted by atomic mass is 16.5. The average molecular weight is 299 g/mol. The molecular formula is C17H21N3O2. The van der Waals surface area contributed by atoms with E-state index < -0.39 is 0 Å². The van der Waals surface area contributed by atoms with Gasteiger partial charge in [-0.1, -0.05) is 32.4 Å². The van der Waals surface area contributed by atoms with Gasteiger partial charge in [-0.2, -0.15) is 10.4 Å². The summed E-state index contributed by atoms with van der Waals surface area (Å²) < 4.78 is 5.38. The van der Waals surface area contributed by atoms with Crippen LogP contribution in [0.25, 0.3) is 0 Å². The maximum atomic E-state index is 11.8. The van der Waals surface area contributed by atoms with Crippen molar-refractivity contribution in [3.8, 4) is 11.8 Å². The molecule has 1 aromatic rings. The molecule has 0 radical (unpaired) electrons. The Morgan fingerprint density at radius 2 is 2.05 bits per heavy atom. The minimum Gasteiger partial charge on any atom is -0.482 e. The molecule has 0 spiro atoms. The smallest absolute Gasteiger partial charge is 0.277 e. The quantitative estimate of drug-likeness (QED) is 0.869. The normalized spacial score (nSPS) is 20.9. The van der Waals surface area contributed by atoms with Crippen LogP contribution in [-0.4, -0.2) is 18.2 Å². The molecule has 2 rings (SSSR count). The summed E-state index contributed by atoms with van der Waals surface area (Å²) in [5, 5.41) is 13.2. The number of amides is 1. The third-order valence-electron chi connectivity index (χ3n) is 3.96. The number of hydrogen-bond acceptors (Lipinski definition) is 4. The van der Waals surface area contributed by atoms with Crippen LogP contribution in [0.3, 0.4) is 0 Å². The van der Waals surface area contributed by atoms with Crippen LogP contribution >= 0.6 is 0 Å². The van der Waals surface area contributed by atoms with Gasteiger partial charge in [0.25, 0.3) is 5.91 Å². The monoisotopic (exact) mass is 299 g/mol. The Bertz CT molecular complexity index is 592. The predicted octanol–water partition coefficient (Wildman–Crippen LogP) is 2.87. The molecule has 1 aromatic carbocycles. The van der Waals surface area contributed by atoms with E-state index in [2.05, 4.69) is 24.4 Å². The first-order valence-electron chi connectivity index (χ1n) is 7.60. The Morgan fingerprint density at radius 3 is 2.73 bits per heavy atom. The van der Waals surface area contributed by atoms with Crippen molar-refractivity contribution in [3.05, 3.63) is 29.8 Å². The lowest BCUT2D eigenvalue weighted by Crippen LogP contribution is -2.31. The predicted molar refractivity (Wildman–Crippen MR) is 84.4 cm³/mol. The van der Waals surface area contributed by atoms with E-state index in [0.717, 1.165) is 18.6 Å². The minimum absolute atomic E-state index is 0.155. The van der Waals surface area contributed by atoms with Crippen molar-refractivity contribution >= 4 is 11.6 Å². The molecule has 1 aliphatic carbocycles. The zero-order valence-corrected chi connectivity index (χ0v) is 13.0. The number of ether oxygens (including phenoxy) is 1. The molecule has 1 fully saturated rings. The van der Waals surface area contributed by atoms with E-state index in [1.807, 2.05) is 6.07 Å². The van der Waals surface area contributed by atoms with E-state index in [0.29, 0.717) is 23.1 Å². The van der Waals surface area contributed by atoms with Gasteiger partial charge < -0.3 is 4.74 Å². The third kappa shape index (κ3) is 4.08. The lowest BCUT2D eigenvalue weighted by atomic mass is 9.81.